The third-order valence-corrected chi connectivity index (χ3v) is 3.32. The van der Waals surface area contributed by atoms with Gasteiger partial charge >= 0.3 is 0 Å². The zero-order chi connectivity index (χ0) is 16.7. The Hall–Kier alpha value is -1.66. The summed E-state index contributed by atoms with van der Waals surface area (Å²) in [5.74, 6) is 1.99. The van der Waals surface area contributed by atoms with Crippen LogP contribution < -0.4 is 25.3 Å². The maximum absolute atomic E-state index is 12.0. The van der Waals surface area contributed by atoms with Crippen molar-refractivity contribution in [3.63, 3.8) is 0 Å². The van der Waals surface area contributed by atoms with Gasteiger partial charge in [0, 0.05) is 12.1 Å². The molecule has 0 bridgehead atoms. The molecule has 23 heavy (non-hydrogen) atoms. The lowest BCUT2D eigenvalue weighted by Crippen LogP contribution is -2.41. The summed E-state index contributed by atoms with van der Waals surface area (Å²) in [6.07, 6.45) is 0.642. The number of nitrogens with two attached hydrogens (primary N) is 1. The Morgan fingerprint density at radius 2 is 1.65 bits per heavy atom. The van der Waals surface area contributed by atoms with Gasteiger partial charge in [0.25, 0.3) is 0 Å². The monoisotopic (exact) mass is 346 g/mol. The van der Waals surface area contributed by atoms with Gasteiger partial charge in [-0.2, -0.15) is 0 Å². The molecule has 0 aliphatic rings. The summed E-state index contributed by atoms with van der Waals surface area (Å²) in [5, 5.41) is 2.83. The fourth-order valence-corrected chi connectivity index (χ4v) is 2.17. The molecule has 0 fully saturated rings. The van der Waals surface area contributed by atoms with E-state index in [4.69, 9.17) is 19.9 Å². The SMILES string of the molecule is COc1cc(OC)c(CNC(=O)[C@@H](N)CC(C)C)c(OC)c1.Cl. The van der Waals surface area contributed by atoms with Crippen LogP contribution in [0.3, 0.4) is 0 Å². The maximum Gasteiger partial charge on any atom is 0.237 e. The number of nitrogens with one attached hydrogen (secondary N) is 1. The highest BCUT2D eigenvalue weighted by Gasteiger charge is 2.18. The third kappa shape index (κ3) is 6.15. The van der Waals surface area contributed by atoms with Crippen LogP contribution in [0, 0.1) is 5.92 Å². The van der Waals surface area contributed by atoms with Crippen LogP contribution in [-0.2, 0) is 11.3 Å². The van der Waals surface area contributed by atoms with Gasteiger partial charge < -0.3 is 25.3 Å². The molecule has 0 aliphatic heterocycles. The predicted octanol–water partition coefficient (Wildman–Crippen LogP) is 2.12. The molecular weight excluding hydrogens is 320 g/mol. The Morgan fingerprint density at radius 1 is 1.13 bits per heavy atom. The largest absolute Gasteiger partial charge is 0.496 e. The molecule has 0 spiro atoms. The smallest absolute Gasteiger partial charge is 0.237 e. The Labute approximate surface area is 144 Å². The van der Waals surface area contributed by atoms with E-state index >= 15 is 0 Å². The fraction of sp³-hybridized carbons (Fsp3) is 0.562. The lowest BCUT2D eigenvalue weighted by molar-refractivity contribution is -0.122. The lowest BCUT2D eigenvalue weighted by atomic mass is 10.0. The molecule has 132 valence electrons. The molecule has 6 nitrogen and oxygen atoms in total. The van der Waals surface area contributed by atoms with Crippen LogP contribution in [-0.4, -0.2) is 33.3 Å². The van der Waals surface area contributed by atoms with E-state index in [-0.39, 0.29) is 24.9 Å². The minimum atomic E-state index is -0.518. The van der Waals surface area contributed by atoms with Crippen LogP contribution in [0.4, 0.5) is 0 Å². The van der Waals surface area contributed by atoms with E-state index in [1.807, 2.05) is 13.8 Å². The summed E-state index contributed by atoms with van der Waals surface area (Å²) >= 11 is 0. The standard InChI is InChI=1S/C16H26N2O4.ClH/c1-10(2)6-13(17)16(19)18-9-12-14(21-4)7-11(20-3)8-15(12)22-5;/h7-8,10,13H,6,9,17H2,1-5H3,(H,18,19);1H/t13-;/m0./s1. The van der Waals surface area contributed by atoms with E-state index < -0.39 is 6.04 Å². The van der Waals surface area contributed by atoms with Crippen LogP contribution in [0.25, 0.3) is 0 Å². The van der Waals surface area contributed by atoms with E-state index in [9.17, 15) is 4.79 Å². The number of rotatable bonds is 8. The highest BCUT2D eigenvalue weighted by atomic mass is 35.5. The maximum atomic E-state index is 12.0. The molecular formula is C16H27ClN2O4. The van der Waals surface area contributed by atoms with Gasteiger partial charge in [-0.05, 0) is 12.3 Å². The van der Waals surface area contributed by atoms with E-state index in [1.54, 1.807) is 33.5 Å². The highest BCUT2D eigenvalue weighted by molar-refractivity contribution is 5.85. The van der Waals surface area contributed by atoms with Crippen molar-refractivity contribution in [2.24, 2.45) is 11.7 Å². The molecule has 0 aliphatic carbocycles. The second kappa shape index (κ2) is 10.2. The summed E-state index contributed by atoms with van der Waals surface area (Å²) in [4.78, 5) is 12.0. The van der Waals surface area contributed by atoms with Gasteiger partial charge in [-0.15, -0.1) is 12.4 Å². The van der Waals surface area contributed by atoms with E-state index in [0.717, 1.165) is 5.56 Å². The zero-order valence-corrected chi connectivity index (χ0v) is 15.2. The molecule has 0 saturated carbocycles. The van der Waals surface area contributed by atoms with Gasteiger partial charge in [-0.3, -0.25) is 4.79 Å². The molecule has 0 radical (unpaired) electrons. The van der Waals surface area contributed by atoms with Gasteiger partial charge in [0.1, 0.15) is 17.2 Å². The second-order valence-electron chi connectivity index (χ2n) is 5.46. The summed E-state index contributed by atoms with van der Waals surface area (Å²) in [6, 6.07) is 2.98. The molecule has 1 atom stereocenters. The lowest BCUT2D eigenvalue weighted by Gasteiger charge is -2.17. The van der Waals surface area contributed by atoms with Crippen LogP contribution in [0.1, 0.15) is 25.8 Å². The first-order chi connectivity index (χ1) is 10.4. The molecule has 0 aromatic heterocycles. The number of amides is 1. The summed E-state index contributed by atoms with van der Waals surface area (Å²) in [7, 11) is 4.69. The number of hydrogen-bond donors (Lipinski definition) is 2. The highest BCUT2D eigenvalue weighted by Crippen LogP contribution is 2.33. The summed E-state index contributed by atoms with van der Waals surface area (Å²) < 4.78 is 15.9. The minimum Gasteiger partial charge on any atom is -0.496 e. The first-order valence-electron chi connectivity index (χ1n) is 7.25. The normalized spacial score (nSPS) is 11.4. The Morgan fingerprint density at radius 3 is 2.04 bits per heavy atom. The van der Waals surface area contributed by atoms with Gasteiger partial charge in [0.15, 0.2) is 0 Å². The number of methoxy groups -OCH3 is 3. The Kier molecular flexibility index (Phi) is 9.44. The average Bonchev–Trinajstić information content (AvgIpc) is 2.50. The van der Waals surface area contributed by atoms with Crippen molar-refractivity contribution in [1.82, 2.24) is 5.32 Å². The van der Waals surface area contributed by atoms with Crippen LogP contribution in [0.5, 0.6) is 17.2 Å². The second-order valence-corrected chi connectivity index (χ2v) is 5.46. The Balaban J connectivity index is 0.00000484. The molecule has 0 saturated heterocycles. The average molecular weight is 347 g/mol. The van der Waals surface area contributed by atoms with Crippen LogP contribution in [0.15, 0.2) is 12.1 Å². The van der Waals surface area contributed by atoms with Gasteiger partial charge in [0.2, 0.25) is 5.91 Å². The van der Waals surface area contributed by atoms with E-state index in [1.165, 1.54) is 0 Å². The summed E-state index contributed by atoms with van der Waals surface area (Å²) in [6.45, 7) is 4.34. The molecule has 7 heteroatoms. The Bertz CT molecular complexity index is 484. The van der Waals surface area contributed by atoms with Crippen molar-refractivity contribution in [1.29, 1.82) is 0 Å². The number of halogens is 1. The van der Waals surface area contributed by atoms with Gasteiger partial charge in [0.05, 0.1) is 39.5 Å². The van der Waals surface area contributed by atoms with Crippen molar-refractivity contribution in [3.8, 4) is 17.2 Å². The van der Waals surface area contributed by atoms with Crippen molar-refractivity contribution in [2.45, 2.75) is 32.9 Å². The molecule has 3 N–H and O–H groups in total. The molecule has 0 unspecified atom stereocenters. The molecule has 1 aromatic rings. The number of ether oxygens (including phenoxy) is 3. The molecule has 1 rings (SSSR count). The van der Waals surface area contributed by atoms with Crippen molar-refractivity contribution >= 4 is 18.3 Å². The number of carbonyl (C=O) groups excluding carboxylic acids is 1. The quantitative estimate of drug-likeness (QED) is 0.753. The number of carbonyl (C=O) groups is 1. The van der Waals surface area contributed by atoms with Crippen LogP contribution in [0.2, 0.25) is 0 Å². The van der Waals surface area contributed by atoms with Crippen molar-refractivity contribution < 1.29 is 19.0 Å². The third-order valence-electron chi connectivity index (χ3n) is 3.32. The van der Waals surface area contributed by atoms with E-state index in [0.29, 0.717) is 29.6 Å². The van der Waals surface area contributed by atoms with Gasteiger partial charge in [-0.25, -0.2) is 0 Å². The molecule has 0 heterocycles. The van der Waals surface area contributed by atoms with Crippen molar-refractivity contribution in [3.05, 3.63) is 17.7 Å². The molecule has 1 aromatic carbocycles. The van der Waals surface area contributed by atoms with E-state index in [2.05, 4.69) is 5.32 Å². The summed E-state index contributed by atoms with van der Waals surface area (Å²) in [5.41, 5.74) is 6.62. The van der Waals surface area contributed by atoms with Gasteiger partial charge in [-0.1, -0.05) is 13.8 Å². The zero-order valence-electron chi connectivity index (χ0n) is 14.3. The predicted molar refractivity (Wildman–Crippen MR) is 92.6 cm³/mol. The first-order valence-corrected chi connectivity index (χ1v) is 7.25. The number of benzene rings is 1. The first kappa shape index (κ1) is 21.3. The molecule has 1 amide bonds. The number of hydrogen-bond acceptors (Lipinski definition) is 5. The van der Waals surface area contributed by atoms with Crippen LogP contribution >= 0.6 is 12.4 Å². The topological polar surface area (TPSA) is 82.8 Å². The fourth-order valence-electron chi connectivity index (χ4n) is 2.17. The van der Waals surface area contributed by atoms with Crippen molar-refractivity contribution in [2.75, 3.05) is 21.3 Å². The minimum absolute atomic E-state index is 0.